The van der Waals surface area contributed by atoms with Gasteiger partial charge in [0, 0.05) is 39.1 Å². The third-order valence-corrected chi connectivity index (χ3v) is 5.44. The highest BCUT2D eigenvalue weighted by Gasteiger charge is 2.36. The number of benzene rings is 1. The number of sulfonamides is 1. The van der Waals surface area contributed by atoms with E-state index in [1.54, 1.807) is 4.90 Å². The Morgan fingerprint density at radius 1 is 1.15 bits per heavy atom. The molecule has 0 radical (unpaired) electrons. The number of halogens is 3. The van der Waals surface area contributed by atoms with E-state index in [0.29, 0.717) is 30.5 Å². The zero-order valence-corrected chi connectivity index (χ0v) is 15.5. The van der Waals surface area contributed by atoms with Crippen molar-refractivity contribution in [1.29, 1.82) is 0 Å². The molecule has 6 nitrogen and oxygen atoms in total. The second kappa shape index (κ2) is 7.83. The van der Waals surface area contributed by atoms with Crippen LogP contribution in [-0.4, -0.2) is 70.2 Å². The van der Waals surface area contributed by atoms with Crippen molar-refractivity contribution in [2.75, 3.05) is 50.3 Å². The molecular formula is C16H22F3N3O3S. The predicted octanol–water partition coefficient (Wildman–Crippen LogP) is 1.64. The van der Waals surface area contributed by atoms with E-state index >= 15 is 0 Å². The van der Waals surface area contributed by atoms with Gasteiger partial charge in [0.2, 0.25) is 15.9 Å². The van der Waals surface area contributed by atoms with E-state index in [1.807, 2.05) is 7.05 Å². The summed E-state index contributed by atoms with van der Waals surface area (Å²) in [5.74, 6) is -0.267. The quantitative estimate of drug-likeness (QED) is 0.763. The van der Waals surface area contributed by atoms with E-state index in [2.05, 4.69) is 4.90 Å². The Morgan fingerprint density at radius 2 is 1.73 bits per heavy atom. The summed E-state index contributed by atoms with van der Waals surface area (Å²) < 4.78 is 64.5. The number of para-hydroxylation sites is 1. The maximum Gasteiger partial charge on any atom is 0.418 e. The third-order valence-electron chi connectivity index (χ3n) is 4.26. The first-order valence-corrected chi connectivity index (χ1v) is 9.95. The molecule has 2 rings (SSSR count). The highest BCUT2D eigenvalue weighted by molar-refractivity contribution is 7.92. The fraction of sp³-hybridized carbons (Fsp3) is 0.562. The molecule has 146 valence electrons. The number of anilines is 1. The number of rotatable bonds is 5. The van der Waals surface area contributed by atoms with Gasteiger partial charge in [-0.2, -0.15) is 13.2 Å². The summed E-state index contributed by atoms with van der Waals surface area (Å²) in [7, 11) is -2.05. The number of carbonyl (C=O) groups is 1. The van der Waals surface area contributed by atoms with E-state index in [4.69, 9.17) is 0 Å². The smallest absolute Gasteiger partial charge is 0.340 e. The van der Waals surface area contributed by atoms with Crippen LogP contribution in [0.1, 0.15) is 12.0 Å². The Balaban J connectivity index is 2.19. The van der Waals surface area contributed by atoms with Crippen LogP contribution in [0.2, 0.25) is 0 Å². The minimum absolute atomic E-state index is 0.178. The Morgan fingerprint density at radius 3 is 2.27 bits per heavy atom. The van der Waals surface area contributed by atoms with E-state index in [-0.39, 0.29) is 18.9 Å². The maximum absolute atomic E-state index is 13.2. The third kappa shape index (κ3) is 5.10. The lowest BCUT2D eigenvalue weighted by Gasteiger charge is -2.33. The van der Waals surface area contributed by atoms with Gasteiger partial charge in [0.1, 0.15) is 0 Å². The first kappa shape index (κ1) is 20.5. The SMILES string of the molecule is CN1CCN(C(=O)CCN(c2ccccc2C(F)(F)F)S(C)(=O)=O)CC1. The first-order valence-electron chi connectivity index (χ1n) is 8.10. The second-order valence-corrected chi connectivity index (χ2v) is 8.19. The zero-order valence-electron chi connectivity index (χ0n) is 14.7. The molecule has 0 unspecified atom stereocenters. The van der Waals surface area contributed by atoms with Crippen LogP contribution in [0.4, 0.5) is 18.9 Å². The zero-order chi connectivity index (χ0) is 19.5. The van der Waals surface area contributed by atoms with Gasteiger partial charge in [-0.05, 0) is 19.2 Å². The van der Waals surface area contributed by atoms with Gasteiger partial charge in [-0.1, -0.05) is 12.1 Å². The summed E-state index contributed by atoms with van der Waals surface area (Å²) in [6, 6.07) is 4.47. The predicted molar refractivity (Wildman–Crippen MR) is 92.3 cm³/mol. The first-order chi connectivity index (χ1) is 12.0. The van der Waals surface area contributed by atoms with Crippen LogP contribution in [-0.2, 0) is 21.0 Å². The number of alkyl halides is 3. The number of hydrogen-bond acceptors (Lipinski definition) is 4. The van der Waals surface area contributed by atoms with Crippen LogP contribution in [0, 0.1) is 0 Å². The summed E-state index contributed by atoms with van der Waals surface area (Å²) in [5, 5.41) is 0. The highest BCUT2D eigenvalue weighted by Crippen LogP contribution is 2.37. The molecule has 0 saturated carbocycles. The maximum atomic E-state index is 13.2. The lowest BCUT2D eigenvalue weighted by atomic mass is 10.1. The number of piperazine rings is 1. The lowest BCUT2D eigenvalue weighted by Crippen LogP contribution is -2.48. The van der Waals surface area contributed by atoms with Gasteiger partial charge in [0.05, 0.1) is 17.5 Å². The molecule has 26 heavy (non-hydrogen) atoms. The normalized spacial score (nSPS) is 16.6. The number of hydrogen-bond donors (Lipinski definition) is 0. The molecule has 0 atom stereocenters. The number of likely N-dealkylation sites (N-methyl/N-ethyl adjacent to an activating group) is 1. The molecule has 1 aliphatic rings. The van der Waals surface area contributed by atoms with Crippen LogP contribution in [0.15, 0.2) is 24.3 Å². The van der Waals surface area contributed by atoms with Gasteiger partial charge in [-0.25, -0.2) is 8.42 Å². The molecule has 0 N–H and O–H groups in total. The molecule has 0 bridgehead atoms. The van der Waals surface area contributed by atoms with E-state index < -0.39 is 27.5 Å². The monoisotopic (exact) mass is 393 g/mol. The Bertz CT molecular complexity index is 745. The number of carbonyl (C=O) groups excluding carboxylic acids is 1. The van der Waals surface area contributed by atoms with Gasteiger partial charge in [-0.3, -0.25) is 9.10 Å². The molecule has 1 heterocycles. The molecule has 1 aromatic carbocycles. The van der Waals surface area contributed by atoms with Gasteiger partial charge in [0.25, 0.3) is 0 Å². The van der Waals surface area contributed by atoms with Crippen molar-refractivity contribution in [2.45, 2.75) is 12.6 Å². The molecule has 1 amide bonds. The summed E-state index contributed by atoms with van der Waals surface area (Å²) in [5.41, 5.74) is -1.51. The minimum atomic E-state index is -4.69. The topological polar surface area (TPSA) is 60.9 Å². The van der Waals surface area contributed by atoms with E-state index in [1.165, 1.54) is 12.1 Å². The average Bonchev–Trinajstić information content (AvgIpc) is 2.53. The van der Waals surface area contributed by atoms with Crippen LogP contribution >= 0.6 is 0 Å². The molecule has 1 aromatic rings. The molecule has 1 saturated heterocycles. The minimum Gasteiger partial charge on any atom is -0.340 e. The molecule has 10 heteroatoms. The van der Waals surface area contributed by atoms with Crippen LogP contribution < -0.4 is 4.31 Å². The van der Waals surface area contributed by atoms with Gasteiger partial charge < -0.3 is 9.80 Å². The molecular weight excluding hydrogens is 371 g/mol. The van der Waals surface area contributed by atoms with Gasteiger partial charge in [0.15, 0.2) is 0 Å². The average molecular weight is 393 g/mol. The fourth-order valence-corrected chi connectivity index (χ4v) is 3.75. The van der Waals surface area contributed by atoms with Crippen molar-refractivity contribution in [3.63, 3.8) is 0 Å². The lowest BCUT2D eigenvalue weighted by molar-refractivity contribution is -0.137. The Hall–Kier alpha value is -1.81. The van der Waals surface area contributed by atoms with Crippen molar-refractivity contribution in [3.8, 4) is 0 Å². The Labute approximate surface area is 151 Å². The van der Waals surface area contributed by atoms with Crippen LogP contribution in [0.25, 0.3) is 0 Å². The summed E-state index contributed by atoms with van der Waals surface area (Å²) >= 11 is 0. The number of nitrogens with zero attached hydrogens (tertiary/aromatic N) is 3. The molecule has 0 spiro atoms. The summed E-state index contributed by atoms with van der Waals surface area (Å²) in [4.78, 5) is 16.0. The van der Waals surface area contributed by atoms with Crippen LogP contribution in [0.5, 0.6) is 0 Å². The Kier molecular flexibility index (Phi) is 6.17. The van der Waals surface area contributed by atoms with Crippen molar-refractivity contribution in [2.24, 2.45) is 0 Å². The van der Waals surface area contributed by atoms with Crippen LogP contribution in [0.3, 0.4) is 0 Å². The molecule has 1 aliphatic heterocycles. The molecule has 1 fully saturated rings. The summed E-state index contributed by atoms with van der Waals surface area (Å²) in [6.45, 7) is 2.12. The van der Waals surface area contributed by atoms with Gasteiger partial charge in [-0.15, -0.1) is 0 Å². The standard InChI is InChI=1S/C16H22F3N3O3S/c1-20-9-11-21(12-10-20)15(23)7-8-22(26(2,24)25)14-6-4-3-5-13(14)16(17,18)19/h3-6H,7-12H2,1-2H3. The number of amides is 1. The van der Waals surface area contributed by atoms with Crippen molar-refractivity contribution in [1.82, 2.24) is 9.80 Å². The van der Waals surface area contributed by atoms with Crippen molar-refractivity contribution >= 4 is 21.6 Å². The largest absolute Gasteiger partial charge is 0.418 e. The second-order valence-electron chi connectivity index (χ2n) is 6.28. The highest BCUT2D eigenvalue weighted by atomic mass is 32.2. The fourth-order valence-electron chi connectivity index (χ4n) is 2.81. The van der Waals surface area contributed by atoms with E-state index in [9.17, 15) is 26.4 Å². The summed E-state index contributed by atoms with van der Waals surface area (Å²) in [6.07, 6.45) is -4.04. The van der Waals surface area contributed by atoms with Crippen molar-refractivity contribution in [3.05, 3.63) is 29.8 Å². The van der Waals surface area contributed by atoms with Crippen molar-refractivity contribution < 1.29 is 26.4 Å². The van der Waals surface area contributed by atoms with Gasteiger partial charge >= 0.3 is 6.18 Å². The molecule has 0 aromatic heterocycles. The van der Waals surface area contributed by atoms with E-state index in [0.717, 1.165) is 18.4 Å². The molecule has 0 aliphatic carbocycles.